The van der Waals surface area contributed by atoms with Gasteiger partial charge in [0.1, 0.15) is 5.68 Å². The zero-order valence-electron chi connectivity index (χ0n) is 12.1. The van der Waals surface area contributed by atoms with E-state index >= 15 is 0 Å². The number of benzene rings is 1. The van der Waals surface area contributed by atoms with Crippen molar-refractivity contribution in [3.63, 3.8) is 0 Å². The Balaban J connectivity index is 2.33. The van der Waals surface area contributed by atoms with Crippen LogP contribution in [-0.2, 0) is 0 Å². The lowest BCUT2D eigenvalue weighted by atomic mass is 9.71. The van der Waals surface area contributed by atoms with Crippen LogP contribution in [0.1, 0.15) is 34.8 Å². The molecule has 3 nitrogen and oxygen atoms in total. The van der Waals surface area contributed by atoms with Gasteiger partial charge in [0, 0.05) is 23.2 Å². The summed E-state index contributed by atoms with van der Waals surface area (Å²) < 4.78 is 53.7. The van der Waals surface area contributed by atoms with Crippen molar-refractivity contribution in [1.82, 2.24) is 4.57 Å². The molecule has 0 aliphatic heterocycles. The van der Waals surface area contributed by atoms with Gasteiger partial charge in [0.25, 0.3) is 7.28 Å². The van der Waals surface area contributed by atoms with Crippen LogP contribution < -0.4 is 5.43 Å². The van der Waals surface area contributed by atoms with E-state index in [9.17, 15) is 27.2 Å². The van der Waals surface area contributed by atoms with Crippen LogP contribution >= 0.6 is 0 Å². The smallest absolute Gasteiger partial charge is 0.297 e. The number of nitrogens with zero attached hydrogens (tertiary/aromatic N) is 1. The van der Waals surface area contributed by atoms with E-state index in [2.05, 4.69) is 0 Å². The molecule has 1 aromatic carbocycles. The fourth-order valence-electron chi connectivity index (χ4n) is 2.68. The van der Waals surface area contributed by atoms with Gasteiger partial charge in [-0.2, -0.15) is 0 Å². The van der Waals surface area contributed by atoms with E-state index in [0.717, 1.165) is 18.9 Å². The predicted octanol–water partition coefficient (Wildman–Crippen LogP) is 2.99. The van der Waals surface area contributed by atoms with E-state index in [1.165, 1.54) is 17.7 Å². The third kappa shape index (κ3) is 2.66. The second kappa shape index (κ2) is 5.51. The normalized spacial score (nSPS) is 14.5. The maximum Gasteiger partial charge on any atom is 0.297 e. The van der Waals surface area contributed by atoms with Crippen molar-refractivity contribution < 1.29 is 22.4 Å². The summed E-state index contributed by atoms with van der Waals surface area (Å²) in [5, 5.41) is -0.179. The van der Waals surface area contributed by atoms with E-state index < -0.39 is 34.6 Å². The molecule has 1 fully saturated rings. The zero-order valence-corrected chi connectivity index (χ0v) is 12.1. The van der Waals surface area contributed by atoms with Crippen LogP contribution in [0.2, 0.25) is 0 Å². The van der Waals surface area contributed by atoms with Crippen molar-refractivity contribution in [3.8, 4) is 0 Å². The summed E-state index contributed by atoms with van der Waals surface area (Å²) in [6.45, 7) is 1.34. The maximum absolute atomic E-state index is 13.8. The molecule has 8 heteroatoms. The molecule has 1 radical (unpaired) electrons. The van der Waals surface area contributed by atoms with Crippen molar-refractivity contribution in [3.05, 3.63) is 45.2 Å². The number of pyridine rings is 1. The first-order valence-corrected chi connectivity index (χ1v) is 7.02. The summed E-state index contributed by atoms with van der Waals surface area (Å²) in [4.78, 5) is 24.2. The number of alkyl halides is 2. The molecule has 0 saturated heterocycles. The molecule has 1 aromatic heterocycles. The Bertz CT molecular complexity index is 874. The van der Waals surface area contributed by atoms with Gasteiger partial charge >= 0.3 is 0 Å². The van der Waals surface area contributed by atoms with Crippen molar-refractivity contribution in [1.29, 1.82) is 0 Å². The molecule has 1 saturated carbocycles. The number of carbonyl (C=O) groups is 1. The van der Waals surface area contributed by atoms with Crippen LogP contribution in [0.5, 0.6) is 0 Å². The molecule has 1 heterocycles. The third-order valence-corrected chi connectivity index (χ3v) is 3.92. The molecule has 119 valence electrons. The lowest BCUT2D eigenvalue weighted by molar-refractivity contribution is 0.106. The first-order chi connectivity index (χ1) is 10.8. The monoisotopic (exact) mass is 324 g/mol. The number of halogens is 4. The van der Waals surface area contributed by atoms with E-state index in [-0.39, 0.29) is 29.8 Å². The van der Waals surface area contributed by atoms with Crippen molar-refractivity contribution in [2.24, 2.45) is 0 Å². The van der Waals surface area contributed by atoms with Crippen LogP contribution in [0.4, 0.5) is 17.6 Å². The highest BCUT2D eigenvalue weighted by atomic mass is 19.3. The molecule has 1 aliphatic rings. The fraction of sp³-hybridized carbons (Fsp3) is 0.333. The number of aromatic nitrogens is 1. The van der Waals surface area contributed by atoms with E-state index in [0.29, 0.717) is 0 Å². The minimum Gasteiger partial charge on any atom is -0.343 e. The molecule has 0 bridgehead atoms. The zero-order chi connectivity index (χ0) is 16.9. The second-order valence-corrected chi connectivity index (χ2v) is 5.57. The number of hydrogen-bond acceptors (Lipinski definition) is 2. The van der Waals surface area contributed by atoms with Crippen molar-refractivity contribution in [2.45, 2.75) is 32.1 Å². The number of rotatable bonds is 4. The predicted molar refractivity (Wildman–Crippen MR) is 77.2 cm³/mol. The van der Waals surface area contributed by atoms with Crippen LogP contribution in [0.3, 0.4) is 0 Å². The second-order valence-electron chi connectivity index (χ2n) is 5.57. The van der Waals surface area contributed by atoms with Crippen molar-refractivity contribution in [2.75, 3.05) is 0 Å². The summed E-state index contributed by atoms with van der Waals surface area (Å²) in [6, 6.07) is 0.664. The molecule has 0 unspecified atom stereocenters. The molecule has 3 rings (SSSR count). The summed E-state index contributed by atoms with van der Waals surface area (Å²) >= 11 is 0. The molecule has 0 atom stereocenters. The quantitative estimate of drug-likeness (QED) is 0.641. The first-order valence-electron chi connectivity index (χ1n) is 7.02. The SMILES string of the molecule is Cc1c(F)c(F)cc2c(=O)c(C(=O)[B]C(F)F)cn(C3CC3)c12. The molecular formula is C15H11BF4NO2. The average Bonchev–Trinajstić information content (AvgIpc) is 3.29. The number of carbonyl (C=O) groups excluding carboxylic acids is 1. The molecule has 23 heavy (non-hydrogen) atoms. The van der Waals surface area contributed by atoms with Crippen molar-refractivity contribution >= 4 is 23.9 Å². The topological polar surface area (TPSA) is 39.1 Å². The van der Waals surface area contributed by atoms with Gasteiger partial charge in [-0.15, -0.1) is 0 Å². The maximum atomic E-state index is 13.8. The van der Waals surface area contributed by atoms with E-state index in [1.807, 2.05) is 0 Å². The van der Waals surface area contributed by atoms with Gasteiger partial charge < -0.3 is 9.36 Å². The Morgan fingerprint density at radius 1 is 1.35 bits per heavy atom. The van der Waals surface area contributed by atoms with Crippen LogP contribution in [0.25, 0.3) is 10.9 Å². The highest BCUT2D eigenvalue weighted by Gasteiger charge is 2.29. The Morgan fingerprint density at radius 2 is 2.00 bits per heavy atom. The van der Waals surface area contributed by atoms with Gasteiger partial charge in [-0.25, -0.2) is 17.6 Å². The highest BCUT2D eigenvalue weighted by Crippen LogP contribution is 2.38. The minimum absolute atomic E-state index is 0.0409. The number of hydrogen-bond donors (Lipinski definition) is 0. The highest BCUT2D eigenvalue weighted by molar-refractivity contribution is 6.77. The lowest BCUT2D eigenvalue weighted by Gasteiger charge is -2.15. The van der Waals surface area contributed by atoms with E-state index in [1.54, 1.807) is 0 Å². The molecule has 0 amide bonds. The summed E-state index contributed by atoms with van der Waals surface area (Å²) in [5.74, 6) is -2.28. The first kappa shape index (κ1) is 15.8. The Morgan fingerprint density at radius 3 is 2.57 bits per heavy atom. The van der Waals surface area contributed by atoms with E-state index in [4.69, 9.17) is 0 Å². The van der Waals surface area contributed by atoms with Crippen LogP contribution in [-0.4, -0.2) is 23.9 Å². The van der Waals surface area contributed by atoms with Gasteiger partial charge in [0.2, 0.25) is 6.32 Å². The van der Waals surface area contributed by atoms with Gasteiger partial charge in [-0.05, 0) is 25.8 Å². The standard InChI is InChI=1S/C15H11BF4NO2/c1-6-11(18)10(17)4-8-12(6)21(7-2-3-7)5-9(13(8)22)14(23)16-15(19)20/h4-5,7,15H,2-3H2,1H3. The third-order valence-electron chi connectivity index (χ3n) is 3.92. The minimum atomic E-state index is -3.00. The number of fused-ring (bicyclic) bond motifs is 1. The summed E-state index contributed by atoms with van der Waals surface area (Å²) in [6.07, 6.45) is -0.322. The average molecular weight is 324 g/mol. The Labute approximate surface area is 129 Å². The Hall–Kier alpha value is -2.12. The summed E-state index contributed by atoms with van der Waals surface area (Å²) in [7, 11) is 0.131. The lowest BCUT2D eigenvalue weighted by Crippen LogP contribution is -2.26. The molecule has 0 spiro atoms. The van der Waals surface area contributed by atoms with Gasteiger partial charge in [0.05, 0.1) is 11.1 Å². The number of aryl methyl sites for hydroxylation is 1. The van der Waals surface area contributed by atoms with Gasteiger partial charge in [-0.1, -0.05) is 0 Å². The largest absolute Gasteiger partial charge is 0.343 e. The van der Waals surface area contributed by atoms with Gasteiger partial charge in [0.15, 0.2) is 17.1 Å². The molecule has 1 aliphatic carbocycles. The van der Waals surface area contributed by atoms with Crippen LogP contribution in [0, 0.1) is 18.6 Å². The summed E-state index contributed by atoms with van der Waals surface area (Å²) in [5.41, 5.74) is -2.30. The molecule has 0 N–H and O–H groups in total. The fourth-order valence-corrected chi connectivity index (χ4v) is 2.68. The molecule has 2 aromatic rings. The van der Waals surface area contributed by atoms with Gasteiger partial charge in [-0.3, -0.25) is 4.79 Å². The Kier molecular flexibility index (Phi) is 3.78. The molecular weight excluding hydrogens is 313 g/mol. The van der Waals surface area contributed by atoms with Crippen LogP contribution in [0.15, 0.2) is 17.1 Å².